The van der Waals surface area contributed by atoms with Crippen molar-refractivity contribution in [3.8, 4) is 22.8 Å². The van der Waals surface area contributed by atoms with Crippen LogP contribution in [0, 0.1) is 12.8 Å². The first-order valence-corrected chi connectivity index (χ1v) is 13.4. The summed E-state index contributed by atoms with van der Waals surface area (Å²) >= 11 is 1.73. The molecule has 1 aliphatic carbocycles. The van der Waals surface area contributed by atoms with E-state index in [0.29, 0.717) is 6.04 Å². The molecule has 2 aromatic heterocycles. The zero-order chi connectivity index (χ0) is 23.9. The van der Waals surface area contributed by atoms with Gasteiger partial charge in [-0.25, -0.2) is 4.52 Å². The summed E-state index contributed by atoms with van der Waals surface area (Å²) in [6.45, 7) is 4.89. The molecule has 0 bridgehead atoms. The molecule has 1 aromatic carbocycles. The van der Waals surface area contributed by atoms with Crippen molar-refractivity contribution in [2.24, 2.45) is 5.92 Å². The topological polar surface area (TPSA) is 45.0 Å². The Morgan fingerprint density at radius 1 is 1.15 bits per heavy atom. The minimum atomic E-state index is 0.445. The molecule has 34 heavy (non-hydrogen) atoms. The first kappa shape index (κ1) is 23.5. The molecule has 182 valence electrons. The molecule has 1 aliphatic heterocycles. The van der Waals surface area contributed by atoms with Gasteiger partial charge in [0.15, 0.2) is 10.7 Å². The average Bonchev–Trinajstić information content (AvgIpc) is 3.58. The number of hydrogen-bond acceptors (Lipinski definition) is 5. The second-order valence-electron chi connectivity index (χ2n) is 9.88. The van der Waals surface area contributed by atoms with Gasteiger partial charge in [0.1, 0.15) is 23.1 Å². The van der Waals surface area contributed by atoms with Crippen LogP contribution in [0.3, 0.4) is 0 Å². The number of pyridine rings is 1. The van der Waals surface area contributed by atoms with E-state index in [0.717, 1.165) is 75.4 Å². The Morgan fingerprint density at radius 3 is 2.47 bits per heavy atom. The number of nitrogens with zero attached hydrogens (tertiary/aromatic N) is 3. The van der Waals surface area contributed by atoms with Crippen molar-refractivity contribution in [3.63, 3.8) is 0 Å². The van der Waals surface area contributed by atoms with Crippen molar-refractivity contribution < 1.29 is 14.2 Å². The van der Waals surface area contributed by atoms with Crippen molar-refractivity contribution in [1.82, 2.24) is 14.1 Å². The van der Waals surface area contributed by atoms with E-state index in [4.69, 9.17) is 19.3 Å². The number of rotatable bonds is 8. The van der Waals surface area contributed by atoms with E-state index >= 15 is 0 Å². The van der Waals surface area contributed by atoms with Crippen LogP contribution in [0.5, 0.6) is 11.5 Å². The predicted molar refractivity (Wildman–Crippen MR) is 139 cm³/mol. The number of ether oxygens (including phenoxy) is 3. The summed E-state index contributed by atoms with van der Waals surface area (Å²) in [7, 11) is 5.84. The van der Waals surface area contributed by atoms with Gasteiger partial charge in [-0.05, 0) is 62.3 Å². The van der Waals surface area contributed by atoms with Crippen LogP contribution < -0.4 is 14.0 Å². The average molecular weight is 483 g/mol. The summed E-state index contributed by atoms with van der Waals surface area (Å²) in [5.41, 5.74) is 5.48. The molecule has 1 saturated heterocycles. The van der Waals surface area contributed by atoms with E-state index in [1.54, 1.807) is 26.0 Å². The number of hydrogen-bond donors (Lipinski definition) is 0. The van der Waals surface area contributed by atoms with Gasteiger partial charge in [-0.2, -0.15) is 5.10 Å². The maximum absolute atomic E-state index is 6.00. The lowest BCUT2D eigenvalue weighted by atomic mass is 10.0. The molecule has 2 unspecified atom stereocenters. The van der Waals surface area contributed by atoms with Crippen molar-refractivity contribution in [2.75, 3.05) is 47.3 Å². The summed E-state index contributed by atoms with van der Waals surface area (Å²) in [4.78, 5) is 0. The van der Waals surface area contributed by atoms with Gasteiger partial charge < -0.3 is 14.2 Å². The van der Waals surface area contributed by atoms with E-state index < -0.39 is 0 Å². The molecule has 3 heterocycles. The summed E-state index contributed by atoms with van der Waals surface area (Å²) in [6, 6.07) is 11.0. The van der Waals surface area contributed by atoms with Gasteiger partial charge in [0.05, 0.1) is 45.7 Å². The molecule has 2 atom stereocenters. The fraction of sp³-hybridized carbons (Fsp3) is 0.519. The highest BCUT2D eigenvalue weighted by Crippen LogP contribution is 2.46. The molecule has 5 rings (SSSR count). The van der Waals surface area contributed by atoms with Crippen molar-refractivity contribution in [2.45, 2.75) is 43.7 Å². The Labute approximate surface area is 206 Å². The third kappa shape index (κ3) is 4.08. The number of benzene rings is 1. The molecular weight excluding hydrogens is 446 g/mol. The lowest BCUT2D eigenvalue weighted by molar-refractivity contribution is 0.0281. The molecule has 6 nitrogen and oxygen atoms in total. The molecule has 2 aliphatic rings. The van der Waals surface area contributed by atoms with Crippen LogP contribution >= 0.6 is 11.8 Å². The Balaban J connectivity index is 1.74. The fourth-order valence-electron chi connectivity index (χ4n) is 5.57. The van der Waals surface area contributed by atoms with Crippen molar-refractivity contribution in [1.29, 1.82) is 0 Å². The first-order valence-electron chi connectivity index (χ1n) is 12.2. The van der Waals surface area contributed by atoms with Crippen LogP contribution in [0.2, 0.25) is 0 Å². The highest BCUT2D eigenvalue weighted by atomic mass is 32.2. The third-order valence-corrected chi connectivity index (χ3v) is 8.15. The van der Waals surface area contributed by atoms with Crippen LogP contribution in [0.4, 0.5) is 5.69 Å². The number of thioether (sulfide) groups is 1. The van der Waals surface area contributed by atoms with Crippen LogP contribution in [-0.2, 0) is 4.74 Å². The molecule has 3 aromatic rings. The monoisotopic (exact) mass is 482 g/mol. The van der Waals surface area contributed by atoms with E-state index in [-0.39, 0.29) is 0 Å². The zero-order valence-corrected chi connectivity index (χ0v) is 21.8. The van der Waals surface area contributed by atoms with Gasteiger partial charge in [-0.15, -0.1) is 11.8 Å². The molecular formula is C27H36N3O3S+. The van der Waals surface area contributed by atoms with Crippen LogP contribution in [0.15, 0.2) is 35.4 Å². The molecule has 0 amide bonds. The number of likely N-dealkylation sites (N-methyl/N-ethyl adjacent to an activating group) is 1. The number of fused-ring (bicyclic) bond motifs is 1. The van der Waals surface area contributed by atoms with Gasteiger partial charge in [0.2, 0.25) is 0 Å². The van der Waals surface area contributed by atoms with Crippen molar-refractivity contribution in [3.05, 3.63) is 35.9 Å². The summed E-state index contributed by atoms with van der Waals surface area (Å²) in [5, 5.41) is 6.27. The maximum atomic E-state index is 6.00. The summed E-state index contributed by atoms with van der Waals surface area (Å²) in [6.07, 6.45) is 7.11. The lowest BCUT2D eigenvalue weighted by Gasteiger charge is -2.42. The fourth-order valence-corrected chi connectivity index (χ4v) is 6.24. The van der Waals surface area contributed by atoms with Gasteiger partial charge in [-0.1, -0.05) is 6.07 Å². The molecule has 0 N–H and O–H groups in total. The number of methoxy groups -OCH3 is 2. The maximum Gasteiger partial charge on any atom is 0.193 e. The second kappa shape index (κ2) is 9.44. The zero-order valence-electron chi connectivity index (χ0n) is 21.0. The molecule has 1 saturated carbocycles. The van der Waals surface area contributed by atoms with E-state index in [1.165, 1.54) is 24.9 Å². The van der Waals surface area contributed by atoms with E-state index in [2.05, 4.69) is 55.1 Å². The van der Waals surface area contributed by atoms with E-state index in [9.17, 15) is 0 Å². The minimum absolute atomic E-state index is 0.445. The van der Waals surface area contributed by atoms with E-state index in [1.807, 2.05) is 0 Å². The van der Waals surface area contributed by atoms with Gasteiger partial charge in [0, 0.05) is 18.9 Å². The van der Waals surface area contributed by atoms with Crippen molar-refractivity contribution >= 4 is 23.0 Å². The summed E-state index contributed by atoms with van der Waals surface area (Å²) in [5.74, 6) is 2.38. The molecule has 0 radical (unpaired) electrons. The molecule has 0 spiro atoms. The van der Waals surface area contributed by atoms with Gasteiger partial charge in [0.25, 0.3) is 0 Å². The summed E-state index contributed by atoms with van der Waals surface area (Å²) < 4.78 is 20.6. The predicted octanol–water partition coefficient (Wildman–Crippen LogP) is 5.57. The molecule has 7 heteroatoms. The highest BCUT2D eigenvalue weighted by Gasteiger charge is 2.45. The standard InChI is InChI=1S/C27H36N3O3S/c1-18-14-23(31-3)25(24(15-18)32-4)21-9-6-10-22-26(27(34-5)28-29(21)22)30(2,16-19-11-12-19)20-8-7-13-33-17-20/h6,9-10,14-15,19-20H,7-8,11-13,16-17H2,1-5H3/q+1. The van der Waals surface area contributed by atoms with Gasteiger partial charge in [-0.3, -0.25) is 4.48 Å². The third-order valence-electron chi connectivity index (χ3n) is 7.49. The Bertz CT molecular complexity index is 1160. The number of aryl methyl sites for hydroxylation is 1. The quantitative estimate of drug-likeness (QED) is 0.310. The van der Waals surface area contributed by atoms with Crippen LogP contribution in [-0.4, -0.2) is 62.9 Å². The Hall–Kier alpha value is -2.22. The van der Waals surface area contributed by atoms with Crippen LogP contribution in [0.1, 0.15) is 31.2 Å². The normalized spacial score (nSPS) is 20.3. The second-order valence-corrected chi connectivity index (χ2v) is 10.7. The lowest BCUT2D eigenvalue weighted by Crippen LogP contribution is -2.58. The number of aromatic nitrogens is 2. The minimum Gasteiger partial charge on any atom is -0.496 e. The smallest absolute Gasteiger partial charge is 0.193 e. The largest absolute Gasteiger partial charge is 0.496 e. The highest BCUT2D eigenvalue weighted by molar-refractivity contribution is 7.98. The Morgan fingerprint density at radius 2 is 1.88 bits per heavy atom. The number of quaternary nitrogens is 1. The SMILES string of the molecule is COc1cc(C)cc(OC)c1-c1cccc2c([N+](C)(CC3CC3)C3CCCOC3)c(SC)nn12. The Kier molecular flexibility index (Phi) is 6.53. The van der Waals surface area contributed by atoms with Gasteiger partial charge >= 0.3 is 0 Å². The molecule has 2 fully saturated rings. The first-order chi connectivity index (χ1) is 16.5. The van der Waals surface area contributed by atoms with Crippen LogP contribution in [0.25, 0.3) is 16.8 Å².